The third-order valence-corrected chi connectivity index (χ3v) is 4.26. The van der Waals surface area contributed by atoms with Crippen LogP contribution in [0.25, 0.3) is 0 Å². The normalized spacial score (nSPS) is 10.4. The number of hydrogen-bond donors (Lipinski definition) is 1. The molecule has 0 spiro atoms. The number of halogens is 2. The lowest BCUT2D eigenvalue weighted by Crippen LogP contribution is -2.01. The molecule has 2 rings (SSSR count). The van der Waals surface area contributed by atoms with Crippen LogP contribution in [0.4, 0.5) is 5.82 Å². The molecule has 6 heteroatoms. The second-order valence-corrected chi connectivity index (χ2v) is 6.12. The Balaban J connectivity index is 2.04. The maximum Gasteiger partial charge on any atom is 0.142 e. The highest BCUT2D eigenvalue weighted by Gasteiger charge is 2.04. The van der Waals surface area contributed by atoms with Crippen LogP contribution in [0, 0.1) is 3.57 Å². The van der Waals surface area contributed by atoms with Crippen molar-refractivity contribution in [1.29, 1.82) is 0 Å². The Morgan fingerprint density at radius 3 is 2.72 bits per heavy atom. The van der Waals surface area contributed by atoms with Gasteiger partial charge in [-0.15, -0.1) is 11.8 Å². The van der Waals surface area contributed by atoms with E-state index in [1.54, 1.807) is 11.8 Å². The third-order valence-electron chi connectivity index (χ3n) is 2.21. The Hall–Kier alpha value is -0.530. The zero-order chi connectivity index (χ0) is 13.0. The van der Waals surface area contributed by atoms with E-state index in [0.717, 1.165) is 30.9 Å². The van der Waals surface area contributed by atoms with Crippen LogP contribution in [0.2, 0.25) is 5.02 Å². The van der Waals surface area contributed by atoms with E-state index >= 15 is 0 Å². The van der Waals surface area contributed by atoms with Crippen molar-refractivity contribution in [2.75, 3.05) is 12.4 Å². The van der Waals surface area contributed by atoms with E-state index in [1.807, 2.05) is 37.5 Å². The van der Waals surface area contributed by atoms with Crippen molar-refractivity contribution in [1.82, 2.24) is 9.97 Å². The lowest BCUT2D eigenvalue weighted by atomic mass is 10.4. The number of benzene rings is 1. The molecule has 0 saturated heterocycles. The van der Waals surface area contributed by atoms with Gasteiger partial charge in [0.05, 0.1) is 9.32 Å². The smallest absolute Gasteiger partial charge is 0.142 e. The summed E-state index contributed by atoms with van der Waals surface area (Å²) in [6.07, 6.45) is 1.83. The summed E-state index contributed by atoms with van der Waals surface area (Å²) in [6, 6.07) is 7.77. The molecule has 0 atom stereocenters. The molecular formula is C12H11ClIN3S. The van der Waals surface area contributed by atoms with Crippen LogP contribution >= 0.6 is 46.0 Å². The van der Waals surface area contributed by atoms with Gasteiger partial charge in [0.25, 0.3) is 0 Å². The lowest BCUT2D eigenvalue weighted by Gasteiger charge is -2.05. The number of nitrogens with zero attached hydrogens (tertiary/aromatic N) is 2. The number of hydrogen-bond acceptors (Lipinski definition) is 4. The summed E-state index contributed by atoms with van der Waals surface area (Å²) >= 11 is 9.75. The predicted molar refractivity (Wildman–Crippen MR) is 85.3 cm³/mol. The molecular weight excluding hydrogens is 381 g/mol. The van der Waals surface area contributed by atoms with E-state index in [-0.39, 0.29) is 0 Å². The number of rotatable bonds is 4. The van der Waals surface area contributed by atoms with Gasteiger partial charge in [-0.1, -0.05) is 11.6 Å². The molecule has 0 aliphatic heterocycles. The van der Waals surface area contributed by atoms with Crippen LogP contribution in [0.15, 0.2) is 35.4 Å². The van der Waals surface area contributed by atoms with Crippen LogP contribution in [-0.2, 0) is 5.75 Å². The molecule has 0 fully saturated rings. The lowest BCUT2D eigenvalue weighted by molar-refractivity contribution is 1.02. The fraction of sp³-hybridized carbons (Fsp3) is 0.167. The van der Waals surface area contributed by atoms with Gasteiger partial charge >= 0.3 is 0 Å². The zero-order valence-electron chi connectivity index (χ0n) is 9.65. The Labute approximate surface area is 129 Å². The zero-order valence-corrected chi connectivity index (χ0v) is 13.4. The largest absolute Gasteiger partial charge is 0.372 e. The number of anilines is 1. The van der Waals surface area contributed by atoms with Crippen LogP contribution in [0.5, 0.6) is 0 Å². The SMILES string of the molecule is CNc1nc(CSc2ccc(Cl)cc2)ncc1I. The molecule has 3 nitrogen and oxygen atoms in total. The first kappa shape index (κ1) is 13.9. The van der Waals surface area contributed by atoms with Crippen molar-refractivity contribution in [2.24, 2.45) is 0 Å². The molecule has 1 N–H and O–H groups in total. The summed E-state index contributed by atoms with van der Waals surface area (Å²) in [4.78, 5) is 9.92. The summed E-state index contributed by atoms with van der Waals surface area (Å²) in [5.41, 5.74) is 0. The Kier molecular flexibility index (Phi) is 5.08. The van der Waals surface area contributed by atoms with E-state index in [1.165, 1.54) is 0 Å². The van der Waals surface area contributed by atoms with Gasteiger partial charge in [-0.3, -0.25) is 0 Å². The van der Waals surface area contributed by atoms with Gasteiger partial charge in [-0.05, 0) is 46.9 Å². The van der Waals surface area contributed by atoms with E-state index in [0.29, 0.717) is 0 Å². The molecule has 18 heavy (non-hydrogen) atoms. The van der Waals surface area contributed by atoms with Gasteiger partial charge < -0.3 is 5.32 Å². The Morgan fingerprint density at radius 2 is 2.06 bits per heavy atom. The Morgan fingerprint density at radius 1 is 1.33 bits per heavy atom. The third kappa shape index (κ3) is 3.73. The molecule has 1 aromatic carbocycles. The second-order valence-electron chi connectivity index (χ2n) is 3.48. The van der Waals surface area contributed by atoms with Crippen LogP contribution < -0.4 is 5.32 Å². The first-order valence-electron chi connectivity index (χ1n) is 5.26. The van der Waals surface area contributed by atoms with Gasteiger partial charge in [-0.2, -0.15) is 0 Å². The van der Waals surface area contributed by atoms with Crippen LogP contribution in [-0.4, -0.2) is 17.0 Å². The summed E-state index contributed by atoms with van der Waals surface area (Å²) < 4.78 is 1.02. The van der Waals surface area contributed by atoms with E-state index in [4.69, 9.17) is 11.6 Å². The highest BCUT2D eigenvalue weighted by atomic mass is 127. The maximum atomic E-state index is 5.84. The first-order valence-corrected chi connectivity index (χ1v) is 7.71. The standard InChI is InChI=1S/C12H11ClIN3S/c1-15-12-10(14)6-16-11(17-12)7-18-9-4-2-8(13)3-5-9/h2-6H,7H2,1H3,(H,15,16,17). The molecule has 2 aromatic rings. The summed E-state index contributed by atoms with van der Waals surface area (Å²) in [6.45, 7) is 0. The van der Waals surface area contributed by atoms with E-state index in [9.17, 15) is 0 Å². The number of aromatic nitrogens is 2. The summed E-state index contributed by atoms with van der Waals surface area (Å²) in [5, 5.41) is 3.81. The highest BCUT2D eigenvalue weighted by Crippen LogP contribution is 2.24. The molecule has 1 aromatic heterocycles. The van der Waals surface area contributed by atoms with Crippen molar-refractivity contribution < 1.29 is 0 Å². The summed E-state index contributed by atoms with van der Waals surface area (Å²) in [5.74, 6) is 2.43. The van der Waals surface area contributed by atoms with E-state index in [2.05, 4.69) is 37.9 Å². The van der Waals surface area contributed by atoms with E-state index < -0.39 is 0 Å². The van der Waals surface area contributed by atoms with Gasteiger partial charge in [0.1, 0.15) is 11.6 Å². The second kappa shape index (κ2) is 6.58. The quantitative estimate of drug-likeness (QED) is 0.630. The molecule has 0 bridgehead atoms. The summed E-state index contributed by atoms with van der Waals surface area (Å²) in [7, 11) is 1.86. The molecule has 0 amide bonds. The molecule has 0 aliphatic carbocycles. The molecule has 0 radical (unpaired) electrons. The monoisotopic (exact) mass is 391 g/mol. The van der Waals surface area contributed by atoms with Gasteiger partial charge in [0.15, 0.2) is 0 Å². The Bertz CT molecular complexity index is 533. The van der Waals surface area contributed by atoms with Gasteiger partial charge in [0.2, 0.25) is 0 Å². The average Bonchev–Trinajstić information content (AvgIpc) is 2.39. The minimum atomic E-state index is 0.743. The van der Waals surface area contributed by atoms with Gasteiger partial charge in [0, 0.05) is 23.2 Å². The number of thioether (sulfide) groups is 1. The maximum absolute atomic E-state index is 5.84. The fourth-order valence-corrected chi connectivity index (χ4v) is 2.75. The predicted octanol–water partition coefficient (Wildman–Crippen LogP) is 4.07. The van der Waals surface area contributed by atoms with Crippen molar-refractivity contribution >= 4 is 51.8 Å². The topological polar surface area (TPSA) is 37.8 Å². The average molecular weight is 392 g/mol. The minimum absolute atomic E-state index is 0.743. The molecule has 94 valence electrons. The number of nitrogens with one attached hydrogen (secondary N) is 1. The van der Waals surface area contributed by atoms with Crippen molar-refractivity contribution in [3.63, 3.8) is 0 Å². The molecule has 1 heterocycles. The van der Waals surface area contributed by atoms with Crippen molar-refractivity contribution in [3.8, 4) is 0 Å². The molecule has 0 unspecified atom stereocenters. The molecule has 0 saturated carbocycles. The van der Waals surface area contributed by atoms with Gasteiger partial charge in [-0.25, -0.2) is 9.97 Å². The molecule has 0 aliphatic rings. The van der Waals surface area contributed by atoms with Crippen molar-refractivity contribution in [2.45, 2.75) is 10.6 Å². The highest BCUT2D eigenvalue weighted by molar-refractivity contribution is 14.1. The van der Waals surface area contributed by atoms with Crippen molar-refractivity contribution in [3.05, 3.63) is 44.9 Å². The van der Waals surface area contributed by atoms with Crippen LogP contribution in [0.1, 0.15) is 5.82 Å². The first-order chi connectivity index (χ1) is 8.69. The van der Waals surface area contributed by atoms with Crippen LogP contribution in [0.3, 0.4) is 0 Å². The minimum Gasteiger partial charge on any atom is -0.372 e. The fourth-order valence-electron chi connectivity index (χ4n) is 1.33.